The average molecular weight is 568 g/mol. The lowest BCUT2D eigenvalue weighted by atomic mass is 9.81. The molecule has 0 bridgehead atoms. The molecular formula is C34H37N3O5. The smallest absolute Gasteiger partial charge is 0.182 e. The molecular weight excluding hydrogens is 530 g/mol. The van der Waals surface area contributed by atoms with Gasteiger partial charge in [-0.15, -0.1) is 0 Å². The van der Waals surface area contributed by atoms with Crippen molar-refractivity contribution in [2.24, 2.45) is 0 Å². The summed E-state index contributed by atoms with van der Waals surface area (Å²) in [6.07, 6.45) is 11.0. The number of methoxy groups -OCH3 is 1. The molecule has 1 saturated carbocycles. The topological polar surface area (TPSA) is 86.8 Å². The van der Waals surface area contributed by atoms with Crippen LogP contribution in [0.25, 0.3) is 33.8 Å². The van der Waals surface area contributed by atoms with Gasteiger partial charge in [0, 0.05) is 40.7 Å². The largest absolute Gasteiger partial charge is 0.497 e. The second-order valence-corrected chi connectivity index (χ2v) is 11.3. The van der Waals surface area contributed by atoms with Gasteiger partial charge in [-0.25, -0.2) is 4.98 Å². The van der Waals surface area contributed by atoms with Crippen LogP contribution in [0.5, 0.6) is 5.75 Å². The zero-order valence-corrected chi connectivity index (χ0v) is 24.3. The second kappa shape index (κ2) is 12.5. The van der Waals surface area contributed by atoms with Crippen molar-refractivity contribution in [3.05, 3.63) is 70.9 Å². The number of rotatable bonds is 5. The Morgan fingerprint density at radius 1 is 1.00 bits per heavy atom. The Kier molecular flexibility index (Phi) is 8.35. The first-order chi connectivity index (χ1) is 20.6. The van der Waals surface area contributed by atoms with Crippen molar-refractivity contribution in [1.29, 1.82) is 0 Å². The predicted octanol–water partition coefficient (Wildman–Crippen LogP) is 6.48. The van der Waals surface area contributed by atoms with Crippen molar-refractivity contribution in [1.82, 2.24) is 14.5 Å². The SMILES string of the molecule is CN1CCOCC1.COc1ccc2c(c1)C=C(c1ocnc1C=O)Cn1c-2c(C2CCCCC2)c2ccc(C=O)cc21. The molecule has 0 atom stereocenters. The van der Waals surface area contributed by atoms with Gasteiger partial charge in [0.05, 0.1) is 32.6 Å². The summed E-state index contributed by atoms with van der Waals surface area (Å²) in [6, 6.07) is 12.1. The summed E-state index contributed by atoms with van der Waals surface area (Å²) in [6.45, 7) is 4.51. The van der Waals surface area contributed by atoms with Gasteiger partial charge in [0.15, 0.2) is 18.4 Å². The van der Waals surface area contributed by atoms with E-state index in [0.29, 0.717) is 23.8 Å². The predicted molar refractivity (Wildman–Crippen MR) is 163 cm³/mol. The number of oxazole rings is 1. The lowest BCUT2D eigenvalue weighted by Gasteiger charge is -2.24. The Bertz CT molecular complexity index is 1620. The molecule has 0 N–H and O–H groups in total. The number of likely N-dealkylation sites (N-methyl/N-ethyl adjacent to an activating group) is 1. The van der Waals surface area contributed by atoms with Crippen LogP contribution in [0.4, 0.5) is 0 Å². The third-order valence-electron chi connectivity index (χ3n) is 8.68. The summed E-state index contributed by atoms with van der Waals surface area (Å²) in [5.74, 6) is 1.69. The number of fused-ring (bicyclic) bond motifs is 5. The molecule has 4 aromatic rings. The van der Waals surface area contributed by atoms with Crippen molar-refractivity contribution in [2.45, 2.75) is 44.6 Å². The van der Waals surface area contributed by atoms with Gasteiger partial charge >= 0.3 is 0 Å². The normalized spacial score (nSPS) is 17.3. The number of benzene rings is 2. The highest BCUT2D eigenvalue weighted by Crippen LogP contribution is 2.47. The van der Waals surface area contributed by atoms with Crippen molar-refractivity contribution in [3.63, 3.8) is 0 Å². The third kappa shape index (κ3) is 5.44. The van der Waals surface area contributed by atoms with Crippen LogP contribution in [0.2, 0.25) is 0 Å². The van der Waals surface area contributed by atoms with E-state index in [9.17, 15) is 9.59 Å². The minimum Gasteiger partial charge on any atom is -0.497 e. The summed E-state index contributed by atoms with van der Waals surface area (Å²) in [5.41, 5.74) is 7.43. The minimum atomic E-state index is 0.279. The number of aromatic nitrogens is 2. The van der Waals surface area contributed by atoms with Gasteiger partial charge in [-0.3, -0.25) is 9.59 Å². The molecule has 7 rings (SSSR count). The summed E-state index contributed by atoms with van der Waals surface area (Å²) in [7, 11) is 3.78. The number of nitrogens with zero attached hydrogens (tertiary/aromatic N) is 3. The average Bonchev–Trinajstić information content (AvgIpc) is 3.59. The highest BCUT2D eigenvalue weighted by Gasteiger charge is 2.30. The molecule has 0 amide bonds. The number of hydrogen-bond donors (Lipinski definition) is 0. The van der Waals surface area contributed by atoms with Crippen LogP contribution in [-0.2, 0) is 11.3 Å². The van der Waals surface area contributed by atoms with Crippen LogP contribution in [0.1, 0.15) is 75.8 Å². The molecule has 1 saturated heterocycles. The fourth-order valence-electron chi connectivity index (χ4n) is 6.50. The van der Waals surface area contributed by atoms with E-state index in [1.165, 1.54) is 42.3 Å². The fraction of sp³-hybridized carbons (Fsp3) is 0.382. The number of carbonyl (C=O) groups is 2. The molecule has 0 unspecified atom stereocenters. The number of morpholine rings is 1. The van der Waals surface area contributed by atoms with Crippen molar-refractivity contribution in [3.8, 4) is 17.0 Å². The number of hydrogen-bond acceptors (Lipinski definition) is 7. The number of ether oxygens (including phenoxy) is 2. The lowest BCUT2D eigenvalue weighted by Crippen LogP contribution is -2.32. The number of aldehydes is 2. The number of carbonyl (C=O) groups excluding carboxylic acids is 2. The quantitative estimate of drug-likeness (QED) is 0.255. The van der Waals surface area contributed by atoms with Crippen molar-refractivity contribution in [2.75, 3.05) is 40.5 Å². The zero-order valence-electron chi connectivity index (χ0n) is 24.3. The molecule has 2 aromatic heterocycles. The van der Waals surface area contributed by atoms with E-state index in [-0.39, 0.29) is 5.69 Å². The molecule has 218 valence electrons. The van der Waals surface area contributed by atoms with E-state index >= 15 is 0 Å². The Hall–Kier alpha value is -4.01. The Morgan fingerprint density at radius 3 is 2.50 bits per heavy atom. The van der Waals surface area contributed by atoms with Gasteiger partial charge in [0.2, 0.25) is 0 Å². The first kappa shape index (κ1) is 28.1. The molecule has 42 heavy (non-hydrogen) atoms. The molecule has 0 spiro atoms. The summed E-state index contributed by atoms with van der Waals surface area (Å²) < 4.78 is 18.6. The van der Waals surface area contributed by atoms with Crippen molar-refractivity contribution >= 4 is 35.1 Å². The molecule has 2 aromatic carbocycles. The molecule has 8 nitrogen and oxygen atoms in total. The maximum absolute atomic E-state index is 11.7. The van der Waals surface area contributed by atoms with Gasteiger partial charge in [-0.2, -0.15) is 0 Å². The van der Waals surface area contributed by atoms with Crippen LogP contribution < -0.4 is 4.74 Å². The second-order valence-electron chi connectivity index (χ2n) is 11.3. The van der Waals surface area contributed by atoms with Crippen LogP contribution in [0.15, 0.2) is 47.2 Å². The first-order valence-corrected chi connectivity index (χ1v) is 14.8. The Balaban J connectivity index is 0.000000397. The van der Waals surface area contributed by atoms with Crippen LogP contribution in [-0.4, -0.2) is 67.5 Å². The van der Waals surface area contributed by atoms with Gasteiger partial charge < -0.3 is 23.4 Å². The molecule has 2 aliphatic heterocycles. The molecule has 0 radical (unpaired) electrons. The summed E-state index contributed by atoms with van der Waals surface area (Å²) in [4.78, 5) is 29.8. The molecule has 3 aliphatic rings. The number of allylic oxidation sites excluding steroid dienone is 1. The zero-order chi connectivity index (χ0) is 29.1. The minimum absolute atomic E-state index is 0.279. The van der Waals surface area contributed by atoms with E-state index in [1.807, 2.05) is 24.3 Å². The third-order valence-corrected chi connectivity index (χ3v) is 8.68. The molecule has 1 aliphatic carbocycles. The molecule has 4 heterocycles. The van der Waals surface area contributed by atoms with Crippen LogP contribution >= 0.6 is 0 Å². The van der Waals surface area contributed by atoms with E-state index in [0.717, 1.165) is 79.7 Å². The highest BCUT2D eigenvalue weighted by atomic mass is 16.5. The maximum atomic E-state index is 11.7. The molecule has 8 heteroatoms. The van der Waals surface area contributed by atoms with Crippen LogP contribution in [0.3, 0.4) is 0 Å². The standard InChI is InChI=1S/C29H26N2O4.C5H11NO/c1-34-22-8-10-23-20(13-22)12-21(29-25(16-33)30-17-35-29)14-31-26-11-18(15-32)7-9-24(26)27(28(23)31)19-5-3-2-4-6-19;1-6-2-4-7-5-3-6/h7-13,15-17,19H,2-6,14H2,1H3;2-5H2,1H3. The van der Waals surface area contributed by atoms with Gasteiger partial charge in [-0.1, -0.05) is 31.4 Å². The maximum Gasteiger partial charge on any atom is 0.182 e. The van der Waals surface area contributed by atoms with Crippen molar-refractivity contribution < 1.29 is 23.5 Å². The van der Waals surface area contributed by atoms with E-state index in [2.05, 4.69) is 39.7 Å². The van der Waals surface area contributed by atoms with Gasteiger partial charge in [0.1, 0.15) is 17.7 Å². The summed E-state index contributed by atoms with van der Waals surface area (Å²) >= 11 is 0. The Morgan fingerprint density at radius 2 is 1.81 bits per heavy atom. The van der Waals surface area contributed by atoms with Gasteiger partial charge in [-0.05, 0) is 67.3 Å². The van der Waals surface area contributed by atoms with E-state index in [4.69, 9.17) is 13.9 Å². The Labute approximate surface area is 245 Å². The summed E-state index contributed by atoms with van der Waals surface area (Å²) in [5, 5.41) is 1.19. The van der Waals surface area contributed by atoms with E-state index < -0.39 is 0 Å². The van der Waals surface area contributed by atoms with Gasteiger partial charge in [0.25, 0.3) is 0 Å². The first-order valence-electron chi connectivity index (χ1n) is 14.8. The fourth-order valence-corrected chi connectivity index (χ4v) is 6.50. The molecule has 2 fully saturated rings. The van der Waals surface area contributed by atoms with E-state index in [1.54, 1.807) is 7.11 Å². The monoisotopic (exact) mass is 567 g/mol. The lowest BCUT2D eigenvalue weighted by molar-refractivity contribution is 0.0503. The highest BCUT2D eigenvalue weighted by molar-refractivity contribution is 6.00. The van der Waals surface area contributed by atoms with Crippen LogP contribution in [0, 0.1) is 0 Å².